The molecule has 0 saturated carbocycles. The molecular formula is C18H18N4O4. The molecule has 8 nitrogen and oxygen atoms in total. The summed E-state index contributed by atoms with van der Waals surface area (Å²) in [7, 11) is 0. The van der Waals surface area contributed by atoms with Crippen LogP contribution in [0, 0.1) is 0 Å². The Hall–Kier alpha value is -3.26. The summed E-state index contributed by atoms with van der Waals surface area (Å²) in [6.07, 6.45) is 0.660. The van der Waals surface area contributed by atoms with Crippen LogP contribution in [-0.2, 0) is 17.9 Å². The highest BCUT2D eigenvalue weighted by Crippen LogP contribution is 2.14. The van der Waals surface area contributed by atoms with E-state index in [0.717, 1.165) is 5.56 Å². The van der Waals surface area contributed by atoms with E-state index in [4.69, 9.17) is 9.47 Å². The fourth-order valence-electron chi connectivity index (χ4n) is 2.22. The number of carbonyl (C=O) groups is 1. The summed E-state index contributed by atoms with van der Waals surface area (Å²) >= 11 is 0. The summed E-state index contributed by atoms with van der Waals surface area (Å²) in [6.45, 7) is 0.538. The smallest absolute Gasteiger partial charge is 0.338 e. The van der Waals surface area contributed by atoms with Gasteiger partial charge in [-0.1, -0.05) is 30.3 Å². The summed E-state index contributed by atoms with van der Waals surface area (Å²) in [6, 6.07) is 16.0. The number of aliphatic hydroxyl groups excluding tert-OH is 1. The average Bonchev–Trinajstić information content (AvgIpc) is 3.18. The number of nitrogens with zero attached hydrogens (tertiary/aromatic N) is 4. The third-order valence-corrected chi connectivity index (χ3v) is 3.53. The molecule has 0 amide bonds. The van der Waals surface area contributed by atoms with Crippen molar-refractivity contribution >= 4 is 5.97 Å². The van der Waals surface area contributed by atoms with Gasteiger partial charge in [-0.2, -0.15) is 0 Å². The Morgan fingerprint density at radius 3 is 2.58 bits per heavy atom. The van der Waals surface area contributed by atoms with Crippen LogP contribution in [-0.4, -0.2) is 44.0 Å². The minimum atomic E-state index is -0.756. The monoisotopic (exact) mass is 354 g/mol. The summed E-state index contributed by atoms with van der Waals surface area (Å²) in [5.74, 6) is 0.138. The number of tetrazole rings is 1. The zero-order valence-electron chi connectivity index (χ0n) is 13.9. The van der Waals surface area contributed by atoms with Crippen molar-refractivity contribution < 1.29 is 19.4 Å². The van der Waals surface area contributed by atoms with E-state index in [1.807, 2.05) is 30.3 Å². The molecule has 0 aliphatic rings. The van der Waals surface area contributed by atoms with Gasteiger partial charge < -0.3 is 14.6 Å². The second kappa shape index (κ2) is 8.72. The zero-order chi connectivity index (χ0) is 18.2. The van der Waals surface area contributed by atoms with Gasteiger partial charge >= 0.3 is 5.97 Å². The number of aromatic nitrogens is 4. The lowest BCUT2D eigenvalue weighted by atomic mass is 10.2. The van der Waals surface area contributed by atoms with Crippen molar-refractivity contribution in [3.8, 4) is 5.75 Å². The third-order valence-electron chi connectivity index (χ3n) is 3.53. The Morgan fingerprint density at radius 2 is 1.88 bits per heavy atom. The Bertz CT molecular complexity index is 807. The number of benzene rings is 2. The maximum atomic E-state index is 12.0. The molecule has 8 heteroatoms. The molecule has 3 rings (SSSR count). The normalized spacial score (nSPS) is 11.7. The number of carbonyl (C=O) groups excluding carboxylic acids is 1. The van der Waals surface area contributed by atoms with Crippen molar-refractivity contribution in [2.45, 2.75) is 19.3 Å². The Labute approximate surface area is 150 Å². The first-order chi connectivity index (χ1) is 12.7. The van der Waals surface area contributed by atoms with Crippen LogP contribution in [0.5, 0.6) is 5.75 Å². The van der Waals surface area contributed by atoms with E-state index in [1.54, 1.807) is 24.3 Å². The molecule has 1 heterocycles. The van der Waals surface area contributed by atoms with E-state index in [2.05, 4.69) is 15.5 Å². The standard InChI is InChI=1S/C18H18N4O4/c23-16(10-22-13-19-20-21-22)12-25-17-8-6-15(7-9-17)18(24)26-11-14-4-2-1-3-5-14/h1-9,13,16,23H,10-12H2/t16-/m0/s1. The van der Waals surface area contributed by atoms with E-state index < -0.39 is 12.1 Å². The number of hydrogen-bond acceptors (Lipinski definition) is 7. The zero-order valence-corrected chi connectivity index (χ0v) is 13.9. The first-order valence-corrected chi connectivity index (χ1v) is 8.03. The summed E-state index contributed by atoms with van der Waals surface area (Å²) in [4.78, 5) is 12.0. The Morgan fingerprint density at radius 1 is 1.12 bits per heavy atom. The molecule has 2 aromatic carbocycles. The van der Waals surface area contributed by atoms with Crippen molar-refractivity contribution in [3.63, 3.8) is 0 Å². The van der Waals surface area contributed by atoms with E-state index in [1.165, 1.54) is 11.0 Å². The van der Waals surface area contributed by atoms with Crippen LogP contribution in [0.25, 0.3) is 0 Å². The van der Waals surface area contributed by atoms with Crippen LogP contribution in [0.2, 0.25) is 0 Å². The molecule has 134 valence electrons. The molecule has 1 N–H and O–H groups in total. The van der Waals surface area contributed by atoms with Crippen LogP contribution in [0.1, 0.15) is 15.9 Å². The van der Waals surface area contributed by atoms with Gasteiger partial charge in [0, 0.05) is 0 Å². The Kier molecular flexibility index (Phi) is 5.89. The molecule has 1 aromatic heterocycles. The van der Waals surface area contributed by atoms with Crippen molar-refractivity contribution in [2.24, 2.45) is 0 Å². The van der Waals surface area contributed by atoms with Gasteiger partial charge in [-0.3, -0.25) is 0 Å². The van der Waals surface area contributed by atoms with E-state index in [-0.39, 0.29) is 19.8 Å². The van der Waals surface area contributed by atoms with Crippen LogP contribution in [0.4, 0.5) is 0 Å². The highest BCUT2D eigenvalue weighted by molar-refractivity contribution is 5.89. The molecule has 0 saturated heterocycles. The number of hydrogen-bond donors (Lipinski definition) is 1. The van der Waals surface area contributed by atoms with E-state index in [9.17, 15) is 9.90 Å². The second-order valence-electron chi connectivity index (χ2n) is 5.58. The van der Waals surface area contributed by atoms with Gasteiger partial charge in [0.05, 0.1) is 12.1 Å². The lowest BCUT2D eigenvalue weighted by Crippen LogP contribution is -2.24. The summed E-state index contributed by atoms with van der Waals surface area (Å²) in [5.41, 5.74) is 1.36. The molecule has 0 bridgehead atoms. The quantitative estimate of drug-likeness (QED) is 0.612. The molecule has 0 radical (unpaired) electrons. The topological polar surface area (TPSA) is 99.4 Å². The number of aliphatic hydroxyl groups is 1. The summed E-state index contributed by atoms with van der Waals surface area (Å²) in [5, 5.41) is 20.5. The van der Waals surface area contributed by atoms with Gasteiger partial charge in [0.25, 0.3) is 0 Å². The molecule has 0 aliphatic carbocycles. The molecule has 0 fully saturated rings. The molecule has 0 unspecified atom stereocenters. The minimum Gasteiger partial charge on any atom is -0.491 e. The molecule has 0 aliphatic heterocycles. The van der Waals surface area contributed by atoms with Crippen molar-refractivity contribution in [1.29, 1.82) is 0 Å². The van der Waals surface area contributed by atoms with Crippen molar-refractivity contribution in [2.75, 3.05) is 6.61 Å². The first kappa shape index (κ1) is 17.6. The minimum absolute atomic E-state index is 0.0810. The molecule has 1 atom stereocenters. The van der Waals surface area contributed by atoms with Gasteiger partial charge in [-0.25, -0.2) is 9.48 Å². The number of esters is 1. The van der Waals surface area contributed by atoms with Gasteiger partial charge in [0.15, 0.2) is 0 Å². The highest BCUT2D eigenvalue weighted by Gasteiger charge is 2.10. The maximum Gasteiger partial charge on any atom is 0.338 e. The number of rotatable bonds is 8. The fourth-order valence-corrected chi connectivity index (χ4v) is 2.22. The predicted molar refractivity (Wildman–Crippen MR) is 91.3 cm³/mol. The first-order valence-electron chi connectivity index (χ1n) is 8.03. The Balaban J connectivity index is 1.46. The van der Waals surface area contributed by atoms with Gasteiger partial charge in [0.1, 0.15) is 31.4 Å². The van der Waals surface area contributed by atoms with Gasteiger partial charge in [-0.15, -0.1) is 5.10 Å². The van der Waals surface area contributed by atoms with Crippen LogP contribution in [0.15, 0.2) is 60.9 Å². The summed E-state index contributed by atoms with van der Waals surface area (Å²) < 4.78 is 12.2. The highest BCUT2D eigenvalue weighted by atomic mass is 16.5. The SMILES string of the molecule is O=C(OCc1ccccc1)c1ccc(OC[C@@H](O)Cn2cnnn2)cc1. The van der Waals surface area contributed by atoms with Crippen LogP contribution >= 0.6 is 0 Å². The number of ether oxygens (including phenoxy) is 2. The molecule has 3 aromatic rings. The lowest BCUT2D eigenvalue weighted by molar-refractivity contribution is 0.0472. The predicted octanol–water partition coefficient (Wildman–Crippen LogP) is 1.47. The molecular weight excluding hydrogens is 336 g/mol. The van der Waals surface area contributed by atoms with Crippen molar-refractivity contribution in [1.82, 2.24) is 20.2 Å². The third kappa shape index (κ3) is 5.12. The van der Waals surface area contributed by atoms with Crippen molar-refractivity contribution in [3.05, 3.63) is 72.1 Å². The van der Waals surface area contributed by atoms with Gasteiger partial charge in [-0.05, 0) is 40.3 Å². The molecule has 26 heavy (non-hydrogen) atoms. The van der Waals surface area contributed by atoms with Gasteiger partial charge in [0.2, 0.25) is 0 Å². The average molecular weight is 354 g/mol. The maximum absolute atomic E-state index is 12.0. The second-order valence-corrected chi connectivity index (χ2v) is 5.58. The lowest BCUT2D eigenvalue weighted by Gasteiger charge is -2.12. The molecule has 0 spiro atoms. The van der Waals surface area contributed by atoms with Crippen LogP contribution < -0.4 is 4.74 Å². The fraction of sp³-hybridized carbons (Fsp3) is 0.222. The largest absolute Gasteiger partial charge is 0.491 e. The van der Waals surface area contributed by atoms with Crippen LogP contribution in [0.3, 0.4) is 0 Å². The van der Waals surface area contributed by atoms with E-state index >= 15 is 0 Å². The van der Waals surface area contributed by atoms with E-state index in [0.29, 0.717) is 11.3 Å².